The zero-order valence-corrected chi connectivity index (χ0v) is 14.7. The van der Waals surface area contributed by atoms with Crippen LogP contribution < -0.4 is 0 Å². The molecule has 0 radical (unpaired) electrons. The second-order valence-corrected chi connectivity index (χ2v) is 9.16. The molecule has 2 fully saturated rings. The number of carbonyl (C=O) groups excluding carboxylic acids is 1. The van der Waals surface area contributed by atoms with Gasteiger partial charge in [-0.3, -0.25) is 14.4 Å². The van der Waals surface area contributed by atoms with Gasteiger partial charge in [-0.15, -0.1) is 11.8 Å². The van der Waals surface area contributed by atoms with Crippen molar-refractivity contribution in [2.75, 3.05) is 12.3 Å². The number of carboxylic acids is 2. The monoisotopic (exact) mass is 343 g/mol. The molecule has 7 heteroatoms. The maximum Gasteiger partial charge on any atom is 0.317 e. The van der Waals surface area contributed by atoms with Crippen LogP contribution in [0, 0.1) is 10.8 Å². The lowest BCUT2D eigenvalue weighted by Gasteiger charge is -2.39. The Labute approximate surface area is 140 Å². The van der Waals surface area contributed by atoms with Gasteiger partial charge in [0.25, 0.3) is 0 Å². The summed E-state index contributed by atoms with van der Waals surface area (Å²) in [5, 5.41) is 16.7. The van der Waals surface area contributed by atoms with E-state index >= 15 is 0 Å². The summed E-state index contributed by atoms with van der Waals surface area (Å²) in [5.74, 6) is -2.39. The molecule has 130 valence electrons. The van der Waals surface area contributed by atoms with Crippen molar-refractivity contribution in [3.8, 4) is 0 Å². The number of hydrogen-bond acceptors (Lipinski definition) is 4. The van der Waals surface area contributed by atoms with E-state index in [9.17, 15) is 14.4 Å². The maximum absolute atomic E-state index is 12.5. The van der Waals surface area contributed by atoms with Gasteiger partial charge in [0.2, 0.25) is 5.91 Å². The van der Waals surface area contributed by atoms with E-state index in [4.69, 9.17) is 10.2 Å². The summed E-state index contributed by atoms with van der Waals surface area (Å²) >= 11 is 0.914. The lowest BCUT2D eigenvalue weighted by molar-refractivity contribution is -0.143. The minimum Gasteiger partial charge on any atom is -0.481 e. The number of carbonyl (C=O) groups is 3. The summed E-state index contributed by atoms with van der Waals surface area (Å²) < 4.78 is 0. The number of thioether (sulfide) groups is 1. The summed E-state index contributed by atoms with van der Waals surface area (Å²) in [5.41, 5.74) is 0.354. The lowest BCUT2D eigenvalue weighted by atomic mass is 9.65. The molecular weight excluding hydrogens is 318 g/mol. The summed E-state index contributed by atoms with van der Waals surface area (Å²) in [6, 6.07) is 0.222. The van der Waals surface area contributed by atoms with Crippen molar-refractivity contribution in [2.24, 2.45) is 10.8 Å². The van der Waals surface area contributed by atoms with Crippen molar-refractivity contribution < 1.29 is 24.6 Å². The average Bonchev–Trinajstić information content (AvgIpc) is 2.62. The van der Waals surface area contributed by atoms with E-state index < -0.39 is 23.6 Å². The Balaban J connectivity index is 1.96. The molecule has 0 spiro atoms. The fraction of sp³-hybridized carbons (Fsp3) is 0.812. The van der Waals surface area contributed by atoms with Crippen LogP contribution in [0.4, 0.5) is 0 Å². The third-order valence-electron chi connectivity index (χ3n) is 4.78. The highest BCUT2D eigenvalue weighted by Crippen LogP contribution is 2.52. The zero-order chi connectivity index (χ0) is 17.4. The second kappa shape index (κ2) is 6.34. The molecule has 0 aromatic rings. The Morgan fingerprint density at radius 3 is 2.43 bits per heavy atom. The quantitative estimate of drug-likeness (QED) is 0.767. The fourth-order valence-electron chi connectivity index (χ4n) is 4.38. The van der Waals surface area contributed by atoms with Crippen LogP contribution in [0.3, 0.4) is 0 Å². The van der Waals surface area contributed by atoms with Crippen LogP contribution in [-0.4, -0.2) is 56.5 Å². The molecule has 1 aliphatic heterocycles. The van der Waals surface area contributed by atoms with Gasteiger partial charge in [0.15, 0.2) is 0 Å². The van der Waals surface area contributed by atoms with Crippen LogP contribution in [0.5, 0.6) is 0 Å². The number of aliphatic carboxylic acids is 2. The predicted octanol–water partition coefficient (Wildman–Crippen LogP) is 2.07. The molecule has 6 nitrogen and oxygen atoms in total. The summed E-state index contributed by atoms with van der Waals surface area (Å²) in [6.45, 7) is 7.39. The van der Waals surface area contributed by atoms with E-state index in [2.05, 4.69) is 20.8 Å². The zero-order valence-electron chi connectivity index (χ0n) is 13.9. The molecule has 1 heterocycles. The first-order valence-electron chi connectivity index (χ1n) is 7.87. The van der Waals surface area contributed by atoms with E-state index in [1.165, 1.54) is 0 Å². The number of amides is 1. The van der Waals surface area contributed by atoms with Crippen LogP contribution in [0.1, 0.15) is 46.5 Å². The fourth-order valence-corrected chi connectivity index (χ4v) is 5.30. The van der Waals surface area contributed by atoms with Gasteiger partial charge >= 0.3 is 11.9 Å². The van der Waals surface area contributed by atoms with E-state index in [-0.39, 0.29) is 28.5 Å². The highest BCUT2D eigenvalue weighted by Gasteiger charge is 2.50. The standard InChI is InChI=1S/C16H25NO5S/c1-15(2)5-10-6-16(3,8-15)9-17(10)12(18)7-23-11(14(21)22)4-13(19)20/h10-11H,4-9H2,1-3H3,(H,19,20)(H,21,22). The van der Waals surface area contributed by atoms with E-state index in [0.29, 0.717) is 0 Å². The van der Waals surface area contributed by atoms with E-state index in [1.54, 1.807) is 0 Å². The van der Waals surface area contributed by atoms with Crippen LogP contribution in [-0.2, 0) is 14.4 Å². The number of hydrogen-bond donors (Lipinski definition) is 2. The highest BCUT2D eigenvalue weighted by molar-refractivity contribution is 8.01. The first kappa shape index (κ1) is 18.1. The number of rotatable bonds is 6. The van der Waals surface area contributed by atoms with Crippen LogP contribution in [0.15, 0.2) is 0 Å². The Hall–Kier alpha value is -1.24. The largest absolute Gasteiger partial charge is 0.481 e. The van der Waals surface area contributed by atoms with Crippen molar-refractivity contribution in [1.29, 1.82) is 0 Å². The van der Waals surface area contributed by atoms with Crippen molar-refractivity contribution in [3.63, 3.8) is 0 Å². The van der Waals surface area contributed by atoms with Gasteiger partial charge in [0.05, 0.1) is 12.2 Å². The smallest absolute Gasteiger partial charge is 0.317 e. The normalized spacial score (nSPS) is 30.0. The number of carboxylic acid groups (broad SMARTS) is 2. The van der Waals surface area contributed by atoms with Crippen molar-refractivity contribution in [3.05, 3.63) is 0 Å². The molecule has 0 aromatic carbocycles. The topological polar surface area (TPSA) is 94.9 Å². The molecule has 1 aliphatic carbocycles. The van der Waals surface area contributed by atoms with Gasteiger partial charge in [-0.05, 0) is 30.1 Å². The lowest BCUT2D eigenvalue weighted by Crippen LogP contribution is -2.39. The average molecular weight is 343 g/mol. The Morgan fingerprint density at radius 2 is 1.87 bits per heavy atom. The Bertz CT molecular complexity index is 521. The van der Waals surface area contributed by atoms with Gasteiger partial charge in [0.1, 0.15) is 5.25 Å². The summed E-state index contributed by atoms with van der Waals surface area (Å²) in [6.07, 6.45) is 2.59. The first-order valence-corrected chi connectivity index (χ1v) is 8.92. The third-order valence-corrected chi connectivity index (χ3v) is 5.96. The molecule has 3 atom stereocenters. The van der Waals surface area contributed by atoms with Gasteiger partial charge < -0.3 is 15.1 Å². The molecule has 2 N–H and O–H groups in total. The van der Waals surface area contributed by atoms with Gasteiger partial charge in [0, 0.05) is 12.6 Å². The minimum absolute atomic E-state index is 0.0251. The number of nitrogens with zero attached hydrogens (tertiary/aromatic N) is 1. The van der Waals surface area contributed by atoms with Crippen LogP contribution >= 0.6 is 11.8 Å². The van der Waals surface area contributed by atoms with Crippen molar-refractivity contribution >= 4 is 29.6 Å². The summed E-state index contributed by atoms with van der Waals surface area (Å²) in [4.78, 5) is 36.2. The van der Waals surface area contributed by atoms with Crippen LogP contribution in [0.2, 0.25) is 0 Å². The Kier molecular flexibility index (Phi) is 4.99. The SMILES string of the molecule is CC1(C)CC2CC(C)(CN2C(=O)CSC(CC(=O)O)C(=O)O)C1. The third kappa shape index (κ3) is 4.40. The molecule has 0 aromatic heterocycles. The number of fused-ring (bicyclic) bond motifs is 2. The maximum atomic E-state index is 12.5. The highest BCUT2D eigenvalue weighted by atomic mass is 32.2. The molecule has 23 heavy (non-hydrogen) atoms. The van der Waals surface area contributed by atoms with E-state index in [0.717, 1.165) is 37.6 Å². The van der Waals surface area contributed by atoms with Gasteiger partial charge in [-0.2, -0.15) is 0 Å². The van der Waals surface area contributed by atoms with Gasteiger partial charge in [-0.25, -0.2) is 0 Å². The van der Waals surface area contributed by atoms with E-state index in [1.807, 2.05) is 4.90 Å². The molecule has 3 unspecified atom stereocenters. The molecular formula is C16H25NO5S. The minimum atomic E-state index is -1.18. The second-order valence-electron chi connectivity index (χ2n) is 7.97. The molecule has 1 amide bonds. The molecule has 1 saturated heterocycles. The predicted molar refractivity (Wildman–Crippen MR) is 87.4 cm³/mol. The molecule has 2 bridgehead atoms. The molecule has 2 rings (SSSR count). The first-order chi connectivity index (χ1) is 10.5. The molecule has 1 saturated carbocycles. The Morgan fingerprint density at radius 1 is 1.22 bits per heavy atom. The summed E-state index contributed by atoms with van der Waals surface area (Å²) in [7, 11) is 0. The van der Waals surface area contributed by atoms with Crippen molar-refractivity contribution in [1.82, 2.24) is 4.90 Å². The van der Waals surface area contributed by atoms with Crippen molar-refractivity contribution in [2.45, 2.75) is 57.7 Å². The van der Waals surface area contributed by atoms with Gasteiger partial charge in [-0.1, -0.05) is 20.8 Å². The molecule has 2 aliphatic rings. The van der Waals surface area contributed by atoms with Crippen LogP contribution in [0.25, 0.3) is 0 Å². The number of likely N-dealkylation sites (tertiary alicyclic amines) is 1.